The number of aromatic nitrogens is 1. The lowest BCUT2D eigenvalue weighted by molar-refractivity contribution is 0.463. The van der Waals surface area contributed by atoms with Crippen LogP contribution in [0.15, 0.2) is 21.5 Å². The number of hydrogen-bond acceptors (Lipinski definition) is 3. The van der Waals surface area contributed by atoms with Gasteiger partial charge in [-0.3, -0.25) is 4.99 Å². The van der Waals surface area contributed by atoms with E-state index in [0.717, 1.165) is 24.0 Å². The summed E-state index contributed by atoms with van der Waals surface area (Å²) in [5, 5.41) is 6.58. The standard InChI is InChI=1S/C18H26N4O.HI/c1-11-7-12(2)16(13(3)8-11)9-20-18(19-6)21-10-17-22-14(4)15(5)23-17;/h7-8H,9-10H2,1-6H3,(H2,19,20,21);1H. The second kappa shape index (κ2) is 9.05. The molecule has 0 aliphatic carbocycles. The van der Waals surface area contributed by atoms with Crippen molar-refractivity contribution in [3.63, 3.8) is 0 Å². The highest BCUT2D eigenvalue weighted by atomic mass is 127. The molecule has 2 aromatic rings. The fourth-order valence-corrected chi connectivity index (χ4v) is 2.66. The normalized spacial score (nSPS) is 11.2. The molecule has 5 nitrogen and oxygen atoms in total. The molecule has 0 spiro atoms. The Labute approximate surface area is 161 Å². The molecule has 0 bridgehead atoms. The molecule has 0 aliphatic heterocycles. The molecule has 2 N–H and O–H groups in total. The minimum absolute atomic E-state index is 0. The van der Waals surface area contributed by atoms with Crippen LogP contribution >= 0.6 is 24.0 Å². The van der Waals surface area contributed by atoms with Crippen molar-refractivity contribution in [3.8, 4) is 0 Å². The van der Waals surface area contributed by atoms with Crippen LogP contribution in [-0.4, -0.2) is 18.0 Å². The Bertz CT molecular complexity index is 679. The second-order valence-electron chi connectivity index (χ2n) is 5.91. The first-order valence-corrected chi connectivity index (χ1v) is 7.85. The first-order valence-electron chi connectivity index (χ1n) is 7.85. The minimum atomic E-state index is 0. The zero-order valence-electron chi connectivity index (χ0n) is 15.3. The molecule has 132 valence electrons. The number of nitrogens with one attached hydrogen (secondary N) is 2. The van der Waals surface area contributed by atoms with E-state index < -0.39 is 0 Å². The van der Waals surface area contributed by atoms with Crippen molar-refractivity contribution in [2.45, 2.75) is 47.7 Å². The molecule has 0 saturated carbocycles. The van der Waals surface area contributed by atoms with Crippen molar-refractivity contribution < 1.29 is 4.42 Å². The van der Waals surface area contributed by atoms with Gasteiger partial charge in [-0.25, -0.2) is 4.98 Å². The van der Waals surface area contributed by atoms with Crippen LogP contribution in [0.1, 0.15) is 39.6 Å². The highest BCUT2D eigenvalue weighted by Gasteiger charge is 2.08. The van der Waals surface area contributed by atoms with Crippen LogP contribution < -0.4 is 10.6 Å². The maximum atomic E-state index is 5.57. The molecule has 24 heavy (non-hydrogen) atoms. The first kappa shape index (κ1) is 20.5. The van der Waals surface area contributed by atoms with Gasteiger partial charge in [0.15, 0.2) is 5.96 Å². The molecular formula is C18H27IN4O. The molecule has 2 rings (SSSR count). The SMILES string of the molecule is CN=C(NCc1nc(C)c(C)o1)NCc1c(C)cc(C)cc1C.I. The van der Waals surface area contributed by atoms with Gasteiger partial charge >= 0.3 is 0 Å². The van der Waals surface area contributed by atoms with Crippen LogP contribution in [0, 0.1) is 34.6 Å². The number of benzene rings is 1. The number of guanidine groups is 1. The summed E-state index contributed by atoms with van der Waals surface area (Å²) in [6, 6.07) is 4.41. The second-order valence-corrected chi connectivity index (χ2v) is 5.91. The van der Waals surface area contributed by atoms with Gasteiger partial charge in [0.05, 0.1) is 12.2 Å². The van der Waals surface area contributed by atoms with Crippen LogP contribution in [-0.2, 0) is 13.1 Å². The van der Waals surface area contributed by atoms with E-state index in [0.29, 0.717) is 12.4 Å². The lowest BCUT2D eigenvalue weighted by Crippen LogP contribution is -2.36. The smallest absolute Gasteiger partial charge is 0.214 e. The van der Waals surface area contributed by atoms with Gasteiger partial charge in [-0.1, -0.05) is 17.7 Å². The Morgan fingerprint density at radius 1 is 1.04 bits per heavy atom. The van der Waals surface area contributed by atoms with E-state index in [4.69, 9.17) is 4.42 Å². The summed E-state index contributed by atoms with van der Waals surface area (Å²) in [5.74, 6) is 2.26. The number of aliphatic imine (C=N–C) groups is 1. The third-order valence-corrected chi connectivity index (χ3v) is 3.98. The van der Waals surface area contributed by atoms with Crippen LogP contribution in [0.25, 0.3) is 0 Å². The number of nitrogens with zero attached hydrogens (tertiary/aromatic N) is 2. The Kier molecular flexibility index (Phi) is 7.72. The van der Waals surface area contributed by atoms with Crippen LogP contribution in [0.3, 0.4) is 0 Å². The lowest BCUT2D eigenvalue weighted by atomic mass is 10.00. The third kappa shape index (κ3) is 5.22. The molecule has 1 heterocycles. The maximum Gasteiger partial charge on any atom is 0.214 e. The monoisotopic (exact) mass is 442 g/mol. The Balaban J connectivity index is 0.00000288. The van der Waals surface area contributed by atoms with Crippen molar-refractivity contribution in [2.75, 3.05) is 7.05 Å². The van der Waals surface area contributed by atoms with Gasteiger partial charge in [-0.15, -0.1) is 24.0 Å². The molecule has 6 heteroatoms. The molecule has 0 radical (unpaired) electrons. The fraction of sp³-hybridized carbons (Fsp3) is 0.444. The van der Waals surface area contributed by atoms with Gasteiger partial charge in [0.25, 0.3) is 0 Å². The van der Waals surface area contributed by atoms with Crippen molar-refractivity contribution in [3.05, 3.63) is 51.7 Å². The van der Waals surface area contributed by atoms with E-state index in [2.05, 4.69) is 53.5 Å². The summed E-state index contributed by atoms with van der Waals surface area (Å²) in [6.07, 6.45) is 0. The van der Waals surface area contributed by atoms with Gasteiger partial charge < -0.3 is 15.1 Å². The summed E-state index contributed by atoms with van der Waals surface area (Å²) in [5.41, 5.74) is 6.12. The van der Waals surface area contributed by atoms with Crippen molar-refractivity contribution in [1.82, 2.24) is 15.6 Å². The summed E-state index contributed by atoms with van der Waals surface area (Å²) in [7, 11) is 1.76. The highest BCUT2D eigenvalue weighted by Crippen LogP contribution is 2.16. The van der Waals surface area contributed by atoms with Crippen molar-refractivity contribution >= 4 is 29.9 Å². The zero-order valence-corrected chi connectivity index (χ0v) is 17.6. The van der Waals surface area contributed by atoms with E-state index in [1.807, 2.05) is 13.8 Å². The topological polar surface area (TPSA) is 62.5 Å². The van der Waals surface area contributed by atoms with E-state index in [9.17, 15) is 0 Å². The lowest BCUT2D eigenvalue weighted by Gasteiger charge is -2.15. The van der Waals surface area contributed by atoms with E-state index in [-0.39, 0.29) is 24.0 Å². The summed E-state index contributed by atoms with van der Waals surface area (Å²) in [4.78, 5) is 8.61. The average molecular weight is 442 g/mol. The molecule has 1 aromatic heterocycles. The number of oxazole rings is 1. The molecule has 0 aliphatic rings. The number of aryl methyl sites for hydroxylation is 5. The molecule has 0 amide bonds. The van der Waals surface area contributed by atoms with Gasteiger partial charge in [0.2, 0.25) is 5.89 Å². The molecule has 0 fully saturated rings. The molecule has 0 saturated heterocycles. The molecular weight excluding hydrogens is 415 g/mol. The summed E-state index contributed by atoms with van der Waals surface area (Å²) >= 11 is 0. The summed E-state index contributed by atoms with van der Waals surface area (Å²) < 4.78 is 5.57. The van der Waals surface area contributed by atoms with E-state index in [1.165, 1.54) is 22.3 Å². The Morgan fingerprint density at radius 2 is 1.62 bits per heavy atom. The number of hydrogen-bond donors (Lipinski definition) is 2. The predicted octanol–water partition coefficient (Wildman–Crippen LogP) is 3.70. The Morgan fingerprint density at radius 3 is 2.12 bits per heavy atom. The maximum absolute atomic E-state index is 5.57. The number of rotatable bonds is 4. The Hall–Kier alpha value is -1.57. The van der Waals surface area contributed by atoms with Crippen LogP contribution in [0.4, 0.5) is 0 Å². The van der Waals surface area contributed by atoms with Crippen LogP contribution in [0.2, 0.25) is 0 Å². The largest absolute Gasteiger partial charge is 0.444 e. The van der Waals surface area contributed by atoms with E-state index >= 15 is 0 Å². The highest BCUT2D eigenvalue weighted by molar-refractivity contribution is 14.0. The van der Waals surface area contributed by atoms with Gasteiger partial charge in [-0.05, 0) is 51.3 Å². The van der Waals surface area contributed by atoms with Gasteiger partial charge in [-0.2, -0.15) is 0 Å². The van der Waals surface area contributed by atoms with Crippen molar-refractivity contribution in [1.29, 1.82) is 0 Å². The van der Waals surface area contributed by atoms with Gasteiger partial charge in [0.1, 0.15) is 5.76 Å². The van der Waals surface area contributed by atoms with Crippen molar-refractivity contribution in [2.24, 2.45) is 4.99 Å². The fourth-order valence-electron chi connectivity index (χ4n) is 2.66. The quantitative estimate of drug-likeness (QED) is 0.431. The molecule has 0 atom stereocenters. The molecule has 0 unspecified atom stereocenters. The molecule has 1 aromatic carbocycles. The minimum Gasteiger partial charge on any atom is -0.444 e. The number of halogens is 1. The summed E-state index contributed by atoms with van der Waals surface area (Å²) in [6.45, 7) is 11.5. The van der Waals surface area contributed by atoms with Gasteiger partial charge in [0, 0.05) is 13.6 Å². The zero-order chi connectivity index (χ0) is 17.0. The van der Waals surface area contributed by atoms with E-state index in [1.54, 1.807) is 7.05 Å². The predicted molar refractivity (Wildman–Crippen MR) is 109 cm³/mol. The first-order chi connectivity index (χ1) is 10.9. The van der Waals surface area contributed by atoms with Crippen LogP contribution in [0.5, 0.6) is 0 Å². The third-order valence-electron chi connectivity index (χ3n) is 3.98. The average Bonchev–Trinajstić information content (AvgIpc) is 2.79.